The second-order valence-electron chi connectivity index (χ2n) is 5.89. The van der Waals surface area contributed by atoms with Gasteiger partial charge >= 0.3 is 0 Å². The molecule has 0 atom stereocenters. The van der Waals surface area contributed by atoms with Gasteiger partial charge in [-0.05, 0) is 44.3 Å². The lowest BCUT2D eigenvalue weighted by molar-refractivity contribution is -0.894. The highest BCUT2D eigenvalue weighted by Gasteiger charge is 2.08. The molecule has 0 bridgehead atoms. The standard InChI is InChI=1S/C12H6Cl2N5O4.C6H15N/c13-9-5-7(18(20)21)1-3-11(9)15-17-16-12-4-2-8(19(22)23)6-10(12)14;1-4-7(5-2)6-3/h1-6H;4-6H2,1-3H3/q-1;/p+1. The van der Waals surface area contributed by atoms with Crippen LogP contribution in [0.15, 0.2) is 46.7 Å². The van der Waals surface area contributed by atoms with Crippen LogP contribution in [0, 0.1) is 20.2 Å². The molecule has 0 aliphatic carbocycles. The van der Waals surface area contributed by atoms with Crippen LogP contribution in [-0.4, -0.2) is 29.5 Å². The lowest BCUT2D eigenvalue weighted by Gasteiger charge is -2.10. The van der Waals surface area contributed by atoms with E-state index in [1.807, 2.05) is 0 Å². The Hall–Kier alpha value is -2.82. The van der Waals surface area contributed by atoms with Crippen LogP contribution >= 0.6 is 23.2 Å². The summed E-state index contributed by atoms with van der Waals surface area (Å²) in [6.45, 7) is 10.5. The van der Waals surface area contributed by atoms with Gasteiger partial charge in [-0.3, -0.25) is 25.5 Å². The largest absolute Gasteiger partial charge is 0.349 e. The van der Waals surface area contributed by atoms with E-state index in [0.717, 1.165) is 12.1 Å². The molecule has 0 aliphatic rings. The normalized spacial score (nSPS) is 10.6. The van der Waals surface area contributed by atoms with Crippen LogP contribution in [0.2, 0.25) is 10.0 Å². The molecule has 30 heavy (non-hydrogen) atoms. The topological polar surface area (TPSA) is 130 Å². The zero-order chi connectivity index (χ0) is 22.7. The highest BCUT2D eigenvalue weighted by atomic mass is 35.5. The van der Waals surface area contributed by atoms with Crippen molar-refractivity contribution >= 4 is 46.0 Å². The van der Waals surface area contributed by atoms with Gasteiger partial charge in [0.15, 0.2) is 0 Å². The van der Waals surface area contributed by atoms with Crippen molar-refractivity contribution in [3.05, 3.63) is 72.1 Å². The molecule has 0 unspecified atom stereocenters. The number of nitro groups is 2. The van der Waals surface area contributed by atoms with Crippen LogP contribution in [0.4, 0.5) is 22.7 Å². The van der Waals surface area contributed by atoms with Gasteiger partial charge in [0.2, 0.25) is 0 Å². The van der Waals surface area contributed by atoms with E-state index in [0.29, 0.717) is 0 Å². The minimum Gasteiger partial charge on any atom is -0.349 e. The lowest BCUT2D eigenvalue weighted by atomic mass is 10.3. The molecule has 1 N–H and O–H groups in total. The fourth-order valence-corrected chi connectivity index (χ4v) is 2.67. The third-order valence-electron chi connectivity index (χ3n) is 4.09. The van der Waals surface area contributed by atoms with Crippen molar-refractivity contribution in [1.82, 2.24) is 0 Å². The summed E-state index contributed by atoms with van der Waals surface area (Å²) in [6.07, 6.45) is 0. The summed E-state index contributed by atoms with van der Waals surface area (Å²) >= 11 is 11.7. The summed E-state index contributed by atoms with van der Waals surface area (Å²) in [7, 11) is 0. The fourth-order valence-electron chi connectivity index (χ4n) is 2.25. The van der Waals surface area contributed by atoms with Gasteiger partial charge in [0, 0.05) is 24.3 Å². The van der Waals surface area contributed by atoms with Crippen LogP contribution in [-0.2, 0) is 0 Å². The molecule has 0 spiro atoms. The average Bonchev–Trinajstić information content (AvgIpc) is 2.71. The maximum absolute atomic E-state index is 10.6. The monoisotopic (exact) mass is 456 g/mol. The fraction of sp³-hybridized carbons (Fsp3) is 0.333. The van der Waals surface area contributed by atoms with Gasteiger partial charge in [-0.1, -0.05) is 23.2 Å². The van der Waals surface area contributed by atoms with Crippen LogP contribution in [0.1, 0.15) is 20.8 Å². The molecule has 0 radical (unpaired) electrons. The van der Waals surface area contributed by atoms with Crippen LogP contribution in [0.25, 0.3) is 5.43 Å². The second-order valence-corrected chi connectivity index (χ2v) is 6.70. The van der Waals surface area contributed by atoms with Crippen molar-refractivity contribution in [1.29, 1.82) is 0 Å². The zero-order valence-corrected chi connectivity index (χ0v) is 18.2. The molecule has 0 heterocycles. The number of nitrogens with zero attached hydrogens (tertiary/aromatic N) is 5. The molecule has 10 nitrogen and oxygen atoms in total. The lowest BCUT2D eigenvalue weighted by Crippen LogP contribution is -3.11. The smallest absolute Gasteiger partial charge is 0.270 e. The molecule has 12 heteroatoms. The Kier molecular flexibility index (Phi) is 10.7. The second kappa shape index (κ2) is 12.7. The van der Waals surface area contributed by atoms with Gasteiger partial charge in [-0.2, -0.15) is 0 Å². The van der Waals surface area contributed by atoms with Crippen molar-refractivity contribution in [2.24, 2.45) is 10.3 Å². The van der Waals surface area contributed by atoms with Crippen molar-refractivity contribution in [3.63, 3.8) is 0 Å². The zero-order valence-electron chi connectivity index (χ0n) is 16.7. The summed E-state index contributed by atoms with van der Waals surface area (Å²) in [5.41, 5.74) is 3.72. The number of hydrogen-bond acceptors (Lipinski definition) is 6. The number of halogens is 2. The Balaban J connectivity index is 0.000000553. The van der Waals surface area contributed by atoms with E-state index in [2.05, 4.69) is 36.5 Å². The molecule has 2 aromatic carbocycles. The molecule has 162 valence electrons. The van der Waals surface area contributed by atoms with E-state index in [9.17, 15) is 20.2 Å². The predicted molar refractivity (Wildman–Crippen MR) is 116 cm³/mol. The average molecular weight is 457 g/mol. The predicted octanol–water partition coefficient (Wildman–Crippen LogP) is 5.44. The summed E-state index contributed by atoms with van der Waals surface area (Å²) in [5.74, 6) is 0. The third kappa shape index (κ3) is 7.90. The molecular weight excluding hydrogens is 435 g/mol. The highest BCUT2D eigenvalue weighted by Crippen LogP contribution is 2.34. The van der Waals surface area contributed by atoms with Crippen LogP contribution in [0.5, 0.6) is 0 Å². The SMILES string of the molecule is CC[NH+](CC)CC.O=[N+]([O-])c1ccc(N=N[N-]c2ccc([N+](=O)[O-])cc2Cl)c(Cl)c1. The minimum atomic E-state index is -0.589. The van der Waals surface area contributed by atoms with Gasteiger partial charge in [0.25, 0.3) is 11.4 Å². The summed E-state index contributed by atoms with van der Waals surface area (Å²) in [4.78, 5) is 21.7. The van der Waals surface area contributed by atoms with Crippen molar-refractivity contribution in [3.8, 4) is 0 Å². The Morgan fingerprint density at radius 2 is 1.40 bits per heavy atom. The number of quaternary nitrogens is 1. The van der Waals surface area contributed by atoms with Crippen molar-refractivity contribution < 1.29 is 14.7 Å². The van der Waals surface area contributed by atoms with E-state index in [1.165, 1.54) is 43.9 Å². The van der Waals surface area contributed by atoms with E-state index < -0.39 is 9.85 Å². The Morgan fingerprint density at radius 1 is 0.900 bits per heavy atom. The van der Waals surface area contributed by atoms with Gasteiger partial charge < -0.3 is 15.4 Å². The molecular formula is C18H22Cl2N6O4. The number of non-ortho nitro benzene ring substituents is 2. The Morgan fingerprint density at radius 3 is 1.80 bits per heavy atom. The Bertz CT molecular complexity index is 901. The van der Waals surface area contributed by atoms with Crippen LogP contribution in [0.3, 0.4) is 0 Å². The molecule has 0 fully saturated rings. The molecule has 0 amide bonds. The first-order valence-corrected chi connectivity index (χ1v) is 9.82. The molecule has 0 aromatic heterocycles. The van der Waals surface area contributed by atoms with Gasteiger partial charge in [-0.25, -0.2) is 0 Å². The Labute approximate surface area is 183 Å². The quantitative estimate of drug-likeness (QED) is 0.321. The molecule has 2 aromatic rings. The maximum Gasteiger partial charge on any atom is 0.270 e. The number of hydrogen-bond donors (Lipinski definition) is 1. The third-order valence-corrected chi connectivity index (χ3v) is 4.69. The summed E-state index contributed by atoms with van der Waals surface area (Å²) < 4.78 is 0. The molecule has 0 aliphatic heterocycles. The van der Waals surface area contributed by atoms with Crippen molar-refractivity contribution in [2.45, 2.75) is 20.8 Å². The first kappa shape index (κ1) is 25.2. The number of rotatable bonds is 8. The van der Waals surface area contributed by atoms with Gasteiger partial charge in [0.1, 0.15) is 0 Å². The minimum absolute atomic E-state index is 0.0351. The molecule has 0 saturated carbocycles. The first-order valence-electron chi connectivity index (χ1n) is 9.06. The van der Waals surface area contributed by atoms with E-state index >= 15 is 0 Å². The number of nitro benzene ring substituents is 2. The summed E-state index contributed by atoms with van der Waals surface area (Å²) in [6, 6.07) is 7.34. The van der Waals surface area contributed by atoms with E-state index in [1.54, 1.807) is 4.90 Å². The van der Waals surface area contributed by atoms with Gasteiger partial charge in [0.05, 0.1) is 39.5 Å². The van der Waals surface area contributed by atoms with E-state index in [4.69, 9.17) is 23.2 Å². The van der Waals surface area contributed by atoms with Gasteiger partial charge in [-0.15, -0.1) is 0 Å². The first-order chi connectivity index (χ1) is 14.2. The highest BCUT2D eigenvalue weighted by molar-refractivity contribution is 6.33. The van der Waals surface area contributed by atoms with E-state index in [-0.39, 0.29) is 32.8 Å². The van der Waals surface area contributed by atoms with Crippen molar-refractivity contribution in [2.75, 3.05) is 19.6 Å². The number of benzene rings is 2. The number of nitrogens with one attached hydrogen (secondary N) is 1. The maximum atomic E-state index is 10.6. The molecule has 2 rings (SSSR count). The molecule has 0 saturated heterocycles. The van der Waals surface area contributed by atoms with Crippen LogP contribution < -0.4 is 4.90 Å². The summed E-state index contributed by atoms with van der Waals surface area (Å²) in [5, 5.41) is 28.5.